The summed E-state index contributed by atoms with van der Waals surface area (Å²) in [5.74, 6) is 3.40. The molecule has 0 aliphatic heterocycles. The quantitative estimate of drug-likeness (QED) is 0.112. The van der Waals surface area contributed by atoms with E-state index in [1.165, 1.54) is 10.8 Å². The molecule has 0 aliphatic carbocycles. The van der Waals surface area contributed by atoms with Crippen LogP contribution in [0.1, 0.15) is 0 Å². The van der Waals surface area contributed by atoms with E-state index in [2.05, 4.69) is 334 Å². The molecule has 0 atom stereocenters. The molecule has 126 heavy (non-hydrogen) atoms. The van der Waals surface area contributed by atoms with Crippen LogP contribution in [0.15, 0.2) is 421 Å². The van der Waals surface area contributed by atoms with Crippen molar-refractivity contribution < 1.29 is 8.83 Å². The Hall–Kier alpha value is -17.2. The summed E-state index contributed by atoms with van der Waals surface area (Å²) >= 11 is 0. The Morgan fingerprint density at radius 3 is 1.00 bits per heavy atom. The van der Waals surface area contributed by atoms with Gasteiger partial charge in [-0.2, -0.15) is 19.9 Å². The highest BCUT2D eigenvalue weighted by atomic mass is 16.3. The van der Waals surface area contributed by atoms with Crippen LogP contribution < -0.4 is 0 Å². The molecule has 0 fully saturated rings. The van der Waals surface area contributed by atoms with Gasteiger partial charge in [0.2, 0.25) is 11.9 Å². The van der Waals surface area contributed by atoms with Gasteiger partial charge < -0.3 is 18.0 Å². The topological polar surface area (TPSA) is 123 Å². The normalized spacial score (nSPS) is 12.0. The minimum atomic E-state index is 0.505. The molecule has 0 amide bonds. The maximum Gasteiger partial charge on any atom is 0.238 e. The first-order valence-corrected chi connectivity index (χ1v) is 42.5. The number of nitrogens with zero attached hydrogens (tertiary/aromatic N) is 10. The highest BCUT2D eigenvalue weighted by Crippen LogP contribution is 2.49. The van der Waals surface area contributed by atoms with Crippen LogP contribution >= 0.6 is 0 Å². The number of fused-ring (bicyclic) bond motifs is 18. The Bertz CT molecular complexity index is 8840. The summed E-state index contributed by atoms with van der Waals surface area (Å²) < 4.78 is 23.0. The highest BCUT2D eigenvalue weighted by molar-refractivity contribution is 6.22. The molecule has 0 saturated carbocycles. The Labute approximate surface area is 720 Å². The molecule has 26 aromatic rings. The van der Waals surface area contributed by atoms with Crippen molar-refractivity contribution in [2.24, 2.45) is 0 Å². The highest BCUT2D eigenvalue weighted by Gasteiger charge is 2.27. The molecule has 586 valence electrons. The van der Waals surface area contributed by atoms with E-state index in [1.807, 2.05) is 97.1 Å². The number of rotatable bonds is 13. The van der Waals surface area contributed by atoms with Gasteiger partial charge in [0.25, 0.3) is 0 Å². The average molecular weight is 1610 g/mol. The second-order valence-corrected chi connectivity index (χ2v) is 32.4. The van der Waals surface area contributed by atoms with Crippen molar-refractivity contribution in [3.05, 3.63) is 413 Å². The van der Waals surface area contributed by atoms with Crippen molar-refractivity contribution in [1.29, 1.82) is 0 Å². The van der Waals surface area contributed by atoms with E-state index in [-0.39, 0.29) is 0 Å². The third-order valence-corrected chi connectivity index (χ3v) is 25.3. The van der Waals surface area contributed by atoms with Gasteiger partial charge in [0.15, 0.2) is 23.3 Å². The molecular formula is C114H68N10O2. The number of furan rings is 2. The first-order chi connectivity index (χ1) is 62.5. The molecule has 12 nitrogen and oxygen atoms in total. The third-order valence-electron chi connectivity index (χ3n) is 25.3. The van der Waals surface area contributed by atoms with E-state index in [0.29, 0.717) is 35.2 Å². The zero-order valence-corrected chi connectivity index (χ0v) is 67.5. The molecule has 0 bridgehead atoms. The van der Waals surface area contributed by atoms with Crippen molar-refractivity contribution in [2.75, 3.05) is 0 Å². The minimum Gasteiger partial charge on any atom is -0.456 e. The van der Waals surface area contributed by atoms with Crippen molar-refractivity contribution in [3.8, 4) is 124 Å². The predicted molar refractivity (Wildman–Crippen MR) is 514 cm³/mol. The zero-order chi connectivity index (χ0) is 82.6. The van der Waals surface area contributed by atoms with Gasteiger partial charge in [-0.1, -0.05) is 297 Å². The molecule has 8 heterocycles. The monoisotopic (exact) mass is 1610 g/mol. The van der Waals surface area contributed by atoms with Gasteiger partial charge in [0.1, 0.15) is 22.3 Å². The smallest absolute Gasteiger partial charge is 0.238 e. The Balaban J connectivity index is 0.621. The molecular weight excluding hydrogens is 1540 g/mol. The minimum absolute atomic E-state index is 0.505. The molecule has 8 aromatic heterocycles. The molecule has 0 N–H and O–H groups in total. The molecule has 0 unspecified atom stereocenters. The van der Waals surface area contributed by atoms with E-state index in [4.69, 9.17) is 38.7 Å². The summed E-state index contributed by atoms with van der Waals surface area (Å²) in [5.41, 5.74) is 28.1. The molecule has 18 aromatic carbocycles. The molecule has 0 spiro atoms. The van der Waals surface area contributed by atoms with Gasteiger partial charge in [-0.05, 0) is 165 Å². The van der Waals surface area contributed by atoms with Gasteiger partial charge in [-0.25, -0.2) is 9.97 Å². The number of hydrogen-bond donors (Lipinski definition) is 0. The van der Waals surface area contributed by atoms with Crippen LogP contribution in [0.4, 0.5) is 0 Å². The van der Waals surface area contributed by atoms with Gasteiger partial charge in [-0.3, -0.25) is 9.13 Å². The standard InChI is InChI=1S/C114H68N10O2/c1-7-27-69(28-8-1)109-115-110(70-29-9-2-10-30-70)118-113(117-109)123-94-46-21-19-39-85(94)90-63-75(53-59-96(90)123)82-42-25-50-104-107(82)93-66-78(56-62-102(93)126-104)84-44-23-45-88-86-57-51-73(67-99(86)122(108(84)88)80-37-17-6-18-38-80)74-52-58-87-91-64-76(54-60-97(91)124(100(87)68-74)114-119-111(71-31-11-3-12-32-71)116-112(120-114)72-33-13-4-14-34-72)83-43-26-49-103-106(83)92-65-77(55-61-101(92)125-103)81-41-24-48-98-105(81)89-40-20-22-47-95(89)121(98)79-35-15-5-16-36-79/h1-68H. The van der Waals surface area contributed by atoms with Crippen molar-refractivity contribution in [1.82, 2.24) is 48.2 Å². The number of aromatic nitrogens is 10. The average Bonchev–Trinajstić information content (AvgIpc) is 1.58. The van der Waals surface area contributed by atoms with E-state index in [9.17, 15) is 0 Å². The lowest BCUT2D eigenvalue weighted by Gasteiger charge is -2.13. The molecule has 0 aliphatic rings. The van der Waals surface area contributed by atoms with Gasteiger partial charge >= 0.3 is 0 Å². The molecule has 0 radical (unpaired) electrons. The van der Waals surface area contributed by atoms with E-state index < -0.39 is 0 Å². The maximum atomic E-state index is 6.87. The van der Waals surface area contributed by atoms with Gasteiger partial charge in [0.05, 0.1) is 44.1 Å². The lowest BCUT2D eigenvalue weighted by Crippen LogP contribution is -2.06. The SMILES string of the molecule is c1ccc(-c2nc(-c3ccccc3)nc(-n3c4ccccc4c4cc(-c5cccc6oc7ccc(-c8cccc9c%10ccc(-c%11ccc%12c%13cc(-c%14cccc%15oc%16ccc(-c%17cccc%18c%17c%17ccccc%17n%18-c%17ccccc%17)cc%16c%14%15)ccc%13n(-c%13nc(-c%14ccccc%14)nc(-c%14ccccc%14)n%13)c%12c%11)cc%10n(-c%10ccccc%10)c89)cc7c56)ccc43)n2)cc1. The maximum absolute atomic E-state index is 6.87. The predicted octanol–water partition coefficient (Wildman–Crippen LogP) is 29.2. The summed E-state index contributed by atoms with van der Waals surface area (Å²) in [6, 6.07) is 146. The number of benzene rings is 18. The van der Waals surface area contributed by atoms with Crippen LogP contribution in [0.2, 0.25) is 0 Å². The zero-order valence-electron chi connectivity index (χ0n) is 67.5. The van der Waals surface area contributed by atoms with Crippen LogP contribution in [-0.2, 0) is 0 Å². The Morgan fingerprint density at radius 2 is 0.500 bits per heavy atom. The van der Waals surface area contributed by atoms with Crippen LogP contribution in [-0.4, -0.2) is 48.2 Å². The van der Waals surface area contributed by atoms with Crippen molar-refractivity contribution in [3.63, 3.8) is 0 Å². The summed E-state index contributed by atoms with van der Waals surface area (Å²) in [5, 5.41) is 13.1. The molecule has 0 saturated heterocycles. The first kappa shape index (κ1) is 70.6. The van der Waals surface area contributed by atoms with Crippen LogP contribution in [0.25, 0.3) is 256 Å². The van der Waals surface area contributed by atoms with E-state index >= 15 is 0 Å². The lowest BCUT2D eigenvalue weighted by molar-refractivity contribution is 0.668. The van der Waals surface area contributed by atoms with Crippen LogP contribution in [0, 0.1) is 0 Å². The Kier molecular flexibility index (Phi) is 15.8. The summed E-state index contributed by atoms with van der Waals surface area (Å²) in [4.78, 5) is 31.6. The number of para-hydroxylation sites is 5. The fourth-order valence-electron chi connectivity index (χ4n) is 19.6. The largest absolute Gasteiger partial charge is 0.456 e. The van der Waals surface area contributed by atoms with Gasteiger partial charge in [-0.15, -0.1) is 0 Å². The van der Waals surface area contributed by atoms with Crippen LogP contribution in [0.3, 0.4) is 0 Å². The lowest BCUT2D eigenvalue weighted by atomic mass is 9.95. The number of hydrogen-bond acceptors (Lipinski definition) is 8. The second kappa shape index (κ2) is 28.2. The second-order valence-electron chi connectivity index (χ2n) is 32.4. The van der Waals surface area contributed by atoms with Crippen molar-refractivity contribution >= 4 is 131 Å². The third kappa shape index (κ3) is 11.2. The molecule has 26 rings (SSSR count). The Morgan fingerprint density at radius 1 is 0.167 bits per heavy atom. The van der Waals surface area contributed by atoms with E-state index in [1.54, 1.807) is 0 Å². The summed E-state index contributed by atoms with van der Waals surface area (Å²) in [7, 11) is 0. The first-order valence-electron chi connectivity index (χ1n) is 42.5. The van der Waals surface area contributed by atoms with Crippen molar-refractivity contribution in [2.45, 2.75) is 0 Å². The van der Waals surface area contributed by atoms with Crippen LogP contribution in [0.5, 0.6) is 0 Å². The fraction of sp³-hybridized carbons (Fsp3) is 0. The fourth-order valence-corrected chi connectivity index (χ4v) is 19.6. The van der Waals surface area contributed by atoms with E-state index in [0.717, 1.165) is 210 Å². The summed E-state index contributed by atoms with van der Waals surface area (Å²) in [6.07, 6.45) is 0. The molecule has 12 heteroatoms. The summed E-state index contributed by atoms with van der Waals surface area (Å²) in [6.45, 7) is 0. The van der Waals surface area contributed by atoms with Gasteiger partial charge in [0, 0.05) is 104 Å².